The summed E-state index contributed by atoms with van der Waals surface area (Å²) in [5.74, 6) is 0. The van der Waals surface area contributed by atoms with Gasteiger partial charge in [-0.2, -0.15) is 0 Å². The lowest BCUT2D eigenvalue weighted by molar-refractivity contribution is 1.09. The Hall–Kier alpha value is -1.31. The largest absolute Gasteiger partial charge is 0.398 e. The van der Waals surface area contributed by atoms with E-state index in [2.05, 4.69) is 13.8 Å². The van der Waals surface area contributed by atoms with E-state index < -0.39 is 0 Å². The fourth-order valence-electron chi connectivity index (χ4n) is 0.642. The maximum absolute atomic E-state index is 6.88. The van der Waals surface area contributed by atoms with Crippen molar-refractivity contribution in [2.24, 2.45) is 0 Å². The molecule has 0 saturated heterocycles. The molecule has 0 aliphatic rings. The Morgan fingerprint density at radius 1 is 1.42 bits per heavy atom. The van der Waals surface area contributed by atoms with Crippen LogP contribution < -0.4 is 5.73 Å². The zero-order valence-electron chi connectivity index (χ0n) is 7.67. The highest BCUT2D eigenvalue weighted by atomic mass is 14.6. The van der Waals surface area contributed by atoms with Crippen molar-refractivity contribution in [2.45, 2.75) is 20.3 Å². The van der Waals surface area contributed by atoms with E-state index in [0.29, 0.717) is 5.69 Å². The van der Waals surface area contributed by atoms with Gasteiger partial charge < -0.3 is 11.1 Å². The molecule has 2 heteroatoms. The number of hydrogen-bond acceptors (Lipinski definition) is 2. The van der Waals surface area contributed by atoms with Crippen molar-refractivity contribution in [3.63, 3.8) is 0 Å². The van der Waals surface area contributed by atoms with Crippen molar-refractivity contribution in [2.75, 3.05) is 5.73 Å². The first-order valence-corrected chi connectivity index (χ1v) is 4.11. The minimum Gasteiger partial charge on any atom is -0.398 e. The lowest BCUT2D eigenvalue weighted by atomic mass is 10.2. The smallest absolute Gasteiger partial charge is 0.0402 e. The molecule has 0 aliphatic carbocycles. The summed E-state index contributed by atoms with van der Waals surface area (Å²) < 4.78 is 0. The van der Waals surface area contributed by atoms with Crippen LogP contribution in [0.4, 0.5) is 5.69 Å². The summed E-state index contributed by atoms with van der Waals surface area (Å²) >= 11 is 0. The molecule has 68 valence electrons. The third-order valence-electron chi connectivity index (χ3n) is 1.15. The predicted octanol–water partition coefficient (Wildman–Crippen LogP) is 2.93. The minimum absolute atomic E-state index is 0. The van der Waals surface area contributed by atoms with Gasteiger partial charge in [0.05, 0.1) is 0 Å². The van der Waals surface area contributed by atoms with Crippen LogP contribution in [0.2, 0.25) is 0 Å². The molecule has 0 aliphatic heterocycles. The Morgan fingerprint density at radius 3 is 2.25 bits per heavy atom. The molecule has 0 amide bonds. The highest BCUT2D eigenvalue weighted by Gasteiger charge is 1.88. The van der Waals surface area contributed by atoms with Gasteiger partial charge >= 0.3 is 0 Å². The third kappa shape index (κ3) is 3.76. The second-order valence-corrected chi connectivity index (χ2v) is 2.48. The number of para-hydroxylation sites is 1. The van der Waals surface area contributed by atoms with Crippen LogP contribution >= 0.6 is 0 Å². The highest BCUT2D eigenvalue weighted by molar-refractivity contribution is 5.84. The van der Waals surface area contributed by atoms with E-state index in [9.17, 15) is 0 Å². The van der Waals surface area contributed by atoms with Crippen LogP contribution in [0, 0.1) is 5.41 Å². The van der Waals surface area contributed by atoms with Gasteiger partial charge in [-0.15, -0.1) is 0 Å². The summed E-state index contributed by atoms with van der Waals surface area (Å²) in [6.45, 7) is 4.25. The van der Waals surface area contributed by atoms with Gasteiger partial charge in [0.15, 0.2) is 0 Å². The van der Waals surface area contributed by atoms with Gasteiger partial charge in [-0.05, 0) is 6.07 Å². The topological polar surface area (TPSA) is 49.9 Å². The second-order valence-electron chi connectivity index (χ2n) is 2.48. The number of anilines is 1. The number of benzene rings is 1. The van der Waals surface area contributed by atoms with Crippen molar-refractivity contribution in [3.8, 4) is 0 Å². The molecule has 1 aromatic rings. The van der Waals surface area contributed by atoms with E-state index in [0.717, 1.165) is 5.56 Å². The molecule has 0 radical (unpaired) electrons. The molecule has 0 fully saturated rings. The van der Waals surface area contributed by atoms with Crippen LogP contribution in [0.15, 0.2) is 24.3 Å². The molecule has 0 aromatic heterocycles. The predicted molar refractivity (Wildman–Crippen MR) is 56.8 cm³/mol. The Morgan fingerprint density at radius 2 is 1.92 bits per heavy atom. The number of nitrogens with one attached hydrogen (secondary N) is 1. The number of nitrogens with two attached hydrogens (primary N) is 1. The maximum atomic E-state index is 6.88. The molecule has 1 rings (SSSR count). The van der Waals surface area contributed by atoms with Crippen molar-refractivity contribution >= 4 is 11.9 Å². The van der Waals surface area contributed by atoms with E-state index in [4.69, 9.17) is 11.1 Å². The van der Waals surface area contributed by atoms with Gasteiger partial charge in [-0.1, -0.05) is 38.5 Å². The number of hydrogen-bond donors (Lipinski definition) is 2. The molecular formula is C10H18N2. The van der Waals surface area contributed by atoms with Gasteiger partial charge in [-0.3, -0.25) is 0 Å². The fourth-order valence-corrected chi connectivity index (χ4v) is 0.642. The maximum Gasteiger partial charge on any atom is 0.0402 e. The molecular weight excluding hydrogens is 148 g/mol. The first-order valence-electron chi connectivity index (χ1n) is 4.11. The van der Waals surface area contributed by atoms with Crippen LogP contribution in [0.3, 0.4) is 0 Å². The lowest BCUT2D eigenvalue weighted by Crippen LogP contribution is -1.90. The first-order chi connectivity index (χ1) is 5.76. The highest BCUT2D eigenvalue weighted by Crippen LogP contribution is 2.05. The number of rotatable bonds is 1. The van der Waals surface area contributed by atoms with Crippen LogP contribution in [0.25, 0.3) is 0 Å². The zero-order chi connectivity index (χ0) is 9.40. The molecule has 0 atom stereocenters. The van der Waals surface area contributed by atoms with E-state index in [1.165, 1.54) is 12.6 Å². The summed E-state index contributed by atoms with van der Waals surface area (Å²) in [7, 11) is 0. The quantitative estimate of drug-likeness (QED) is 0.489. The van der Waals surface area contributed by atoms with E-state index in [1.807, 2.05) is 18.2 Å². The average molecular weight is 166 g/mol. The second kappa shape index (κ2) is 6.40. The van der Waals surface area contributed by atoms with E-state index >= 15 is 0 Å². The molecule has 0 unspecified atom stereocenters. The Bertz CT molecular complexity index is 236. The van der Waals surface area contributed by atoms with Crippen LogP contribution in [0.1, 0.15) is 27.3 Å². The molecule has 0 spiro atoms. The first kappa shape index (κ1) is 10.7. The lowest BCUT2D eigenvalue weighted by Gasteiger charge is -1.94. The molecule has 1 aromatic carbocycles. The summed E-state index contributed by atoms with van der Waals surface area (Å²) in [6, 6.07) is 7.29. The third-order valence-corrected chi connectivity index (χ3v) is 1.15. The fraction of sp³-hybridized carbons (Fsp3) is 0.300. The minimum atomic E-state index is 0. The normalized spacial score (nSPS) is 8.17. The molecule has 12 heavy (non-hydrogen) atoms. The van der Waals surface area contributed by atoms with E-state index in [1.54, 1.807) is 6.07 Å². The monoisotopic (exact) mass is 166 g/mol. The SMILES string of the molecule is CCC.N=Cc1ccccc1N.[HH]. The van der Waals surface area contributed by atoms with Crippen LogP contribution in [-0.2, 0) is 0 Å². The molecule has 3 N–H and O–H groups in total. The summed E-state index contributed by atoms with van der Waals surface area (Å²) in [6.07, 6.45) is 2.50. The average Bonchev–Trinajstić information content (AvgIpc) is 2.07. The zero-order valence-corrected chi connectivity index (χ0v) is 7.67. The van der Waals surface area contributed by atoms with Crippen molar-refractivity contribution < 1.29 is 1.43 Å². The summed E-state index contributed by atoms with van der Waals surface area (Å²) in [4.78, 5) is 0. The van der Waals surface area contributed by atoms with Crippen molar-refractivity contribution in [1.82, 2.24) is 0 Å². The Balaban J connectivity index is 0. The van der Waals surface area contributed by atoms with Gasteiger partial charge in [0.25, 0.3) is 0 Å². The van der Waals surface area contributed by atoms with Gasteiger partial charge in [0, 0.05) is 18.9 Å². The molecule has 0 heterocycles. The van der Waals surface area contributed by atoms with Gasteiger partial charge in [0.1, 0.15) is 0 Å². The molecule has 0 bridgehead atoms. The Kier molecular flexibility index (Phi) is 5.70. The summed E-state index contributed by atoms with van der Waals surface area (Å²) in [5.41, 5.74) is 6.92. The standard InChI is InChI=1S/C7H8N2.C3H8.H2/c8-5-6-3-1-2-4-7(6)9;1-3-2;/h1-5,8H,9H2;3H2,1-2H3;1H. The van der Waals surface area contributed by atoms with Crippen molar-refractivity contribution in [3.05, 3.63) is 29.8 Å². The van der Waals surface area contributed by atoms with E-state index in [-0.39, 0.29) is 1.43 Å². The molecule has 0 saturated carbocycles. The van der Waals surface area contributed by atoms with Crippen molar-refractivity contribution in [1.29, 1.82) is 5.41 Å². The summed E-state index contributed by atoms with van der Waals surface area (Å²) in [5, 5.41) is 6.88. The van der Waals surface area contributed by atoms with Gasteiger partial charge in [-0.25, -0.2) is 0 Å². The van der Waals surface area contributed by atoms with Crippen LogP contribution in [-0.4, -0.2) is 6.21 Å². The number of nitrogen functional groups attached to an aromatic ring is 1. The molecule has 2 nitrogen and oxygen atoms in total. The van der Waals surface area contributed by atoms with Crippen LogP contribution in [0.5, 0.6) is 0 Å². The Labute approximate surface area is 75.4 Å². The van der Waals surface area contributed by atoms with Gasteiger partial charge in [0.2, 0.25) is 0 Å².